The average molecular weight is 414 g/mol. The molecule has 1 heterocycles. The minimum absolute atomic E-state index is 0.0118. The van der Waals surface area contributed by atoms with Crippen molar-refractivity contribution in [1.82, 2.24) is 5.32 Å². The highest BCUT2D eigenvalue weighted by atomic mass is 16.2. The van der Waals surface area contributed by atoms with Crippen LogP contribution in [0.1, 0.15) is 39.5 Å². The topological polar surface area (TPSA) is 61.4 Å². The van der Waals surface area contributed by atoms with E-state index in [1.807, 2.05) is 72.5 Å². The molecule has 0 fully saturated rings. The van der Waals surface area contributed by atoms with Gasteiger partial charge < -0.3 is 15.5 Å². The van der Waals surface area contributed by atoms with Crippen LogP contribution in [0.3, 0.4) is 0 Å². The van der Waals surface area contributed by atoms with E-state index in [1.165, 1.54) is 0 Å². The highest BCUT2D eigenvalue weighted by molar-refractivity contribution is 6.07. The molecule has 2 N–H and O–H groups in total. The molecule has 0 unspecified atom stereocenters. The zero-order chi connectivity index (χ0) is 21.8. The molecule has 0 bridgehead atoms. The molecule has 1 aliphatic rings. The Hall–Kier alpha value is -3.60. The van der Waals surface area contributed by atoms with Gasteiger partial charge in [-0.1, -0.05) is 55.0 Å². The number of carbonyl (C=O) groups excluding carboxylic acids is 2. The number of carbonyl (C=O) groups is 2. The number of para-hydroxylation sites is 1. The first-order chi connectivity index (χ1) is 15.0. The monoisotopic (exact) mass is 413 g/mol. The third-order valence-electron chi connectivity index (χ3n) is 5.69. The maximum absolute atomic E-state index is 13.0. The molecule has 0 spiro atoms. The Balaban J connectivity index is 1.43. The van der Waals surface area contributed by atoms with E-state index < -0.39 is 0 Å². The summed E-state index contributed by atoms with van der Waals surface area (Å²) in [6.45, 7) is 5.13. The first-order valence-electron chi connectivity index (χ1n) is 10.7. The number of hydrogen-bond acceptors (Lipinski definition) is 2. The molecule has 0 aromatic heterocycles. The number of anilines is 2. The van der Waals surface area contributed by atoms with E-state index in [0.29, 0.717) is 18.7 Å². The number of fused-ring (bicyclic) bond motifs is 1. The molecule has 5 heteroatoms. The van der Waals surface area contributed by atoms with Crippen molar-refractivity contribution in [2.24, 2.45) is 0 Å². The number of aryl methyl sites for hydroxylation is 2. The van der Waals surface area contributed by atoms with Gasteiger partial charge in [0.2, 0.25) is 0 Å². The molecule has 3 amide bonds. The SMILES string of the molecule is CCc1ccccc1NC(=O)NCc1ccc2c(c1)N(C(=O)c1ccc(C)cc1)CC2. The van der Waals surface area contributed by atoms with E-state index in [2.05, 4.69) is 23.6 Å². The zero-order valence-electron chi connectivity index (χ0n) is 17.9. The molecule has 3 aromatic carbocycles. The van der Waals surface area contributed by atoms with Gasteiger partial charge in [0.05, 0.1) is 0 Å². The molecule has 31 heavy (non-hydrogen) atoms. The normalized spacial score (nSPS) is 12.4. The molecule has 0 saturated heterocycles. The first-order valence-corrected chi connectivity index (χ1v) is 10.7. The van der Waals surface area contributed by atoms with Gasteiger partial charge in [0.25, 0.3) is 5.91 Å². The van der Waals surface area contributed by atoms with Crippen molar-refractivity contribution in [3.8, 4) is 0 Å². The summed E-state index contributed by atoms with van der Waals surface area (Å²) >= 11 is 0. The lowest BCUT2D eigenvalue weighted by Crippen LogP contribution is -2.30. The fraction of sp³-hybridized carbons (Fsp3) is 0.231. The average Bonchev–Trinajstić information content (AvgIpc) is 3.21. The third-order valence-corrected chi connectivity index (χ3v) is 5.69. The molecule has 158 valence electrons. The van der Waals surface area contributed by atoms with E-state index in [9.17, 15) is 9.59 Å². The van der Waals surface area contributed by atoms with Crippen molar-refractivity contribution in [1.29, 1.82) is 0 Å². The van der Waals surface area contributed by atoms with Crippen LogP contribution in [0.2, 0.25) is 0 Å². The molecule has 1 aliphatic heterocycles. The van der Waals surface area contributed by atoms with E-state index in [0.717, 1.165) is 46.5 Å². The van der Waals surface area contributed by atoms with Gasteiger partial charge in [0.1, 0.15) is 0 Å². The minimum atomic E-state index is -0.242. The highest BCUT2D eigenvalue weighted by Crippen LogP contribution is 2.30. The van der Waals surface area contributed by atoms with E-state index in [4.69, 9.17) is 0 Å². The summed E-state index contributed by atoms with van der Waals surface area (Å²) in [5.41, 5.74) is 6.79. The van der Waals surface area contributed by atoms with Crippen LogP contribution in [0.25, 0.3) is 0 Å². The Bertz CT molecular complexity index is 1110. The van der Waals surface area contributed by atoms with Crippen LogP contribution in [0, 0.1) is 6.92 Å². The second-order valence-electron chi connectivity index (χ2n) is 7.85. The van der Waals surface area contributed by atoms with Crippen molar-refractivity contribution in [3.63, 3.8) is 0 Å². The first kappa shape index (κ1) is 20.7. The lowest BCUT2D eigenvalue weighted by atomic mass is 10.1. The van der Waals surface area contributed by atoms with E-state index in [1.54, 1.807) is 0 Å². The number of hydrogen-bond donors (Lipinski definition) is 2. The Morgan fingerprint density at radius 2 is 1.77 bits per heavy atom. The highest BCUT2D eigenvalue weighted by Gasteiger charge is 2.25. The number of amides is 3. The molecular formula is C26H27N3O2. The largest absolute Gasteiger partial charge is 0.334 e. The summed E-state index contributed by atoms with van der Waals surface area (Å²) in [6.07, 6.45) is 1.70. The number of benzene rings is 3. The van der Waals surface area contributed by atoms with Crippen LogP contribution in [0.5, 0.6) is 0 Å². The molecule has 5 nitrogen and oxygen atoms in total. The van der Waals surface area contributed by atoms with Crippen LogP contribution in [0.15, 0.2) is 66.7 Å². The van der Waals surface area contributed by atoms with Crippen LogP contribution in [-0.4, -0.2) is 18.5 Å². The summed E-state index contributed by atoms with van der Waals surface area (Å²) in [5, 5.41) is 5.84. The summed E-state index contributed by atoms with van der Waals surface area (Å²) in [5.74, 6) is 0.0118. The van der Waals surface area contributed by atoms with Crippen molar-refractivity contribution in [2.45, 2.75) is 33.2 Å². The smallest absolute Gasteiger partial charge is 0.319 e. The molecule has 0 saturated carbocycles. The molecule has 0 atom stereocenters. The summed E-state index contributed by atoms with van der Waals surface area (Å²) in [7, 11) is 0. The quantitative estimate of drug-likeness (QED) is 0.613. The lowest BCUT2D eigenvalue weighted by Gasteiger charge is -2.18. The summed E-state index contributed by atoms with van der Waals surface area (Å²) in [4.78, 5) is 27.2. The van der Waals surface area contributed by atoms with E-state index in [-0.39, 0.29) is 11.9 Å². The van der Waals surface area contributed by atoms with Crippen LogP contribution < -0.4 is 15.5 Å². The van der Waals surface area contributed by atoms with Crippen molar-refractivity contribution in [3.05, 3.63) is 94.5 Å². The zero-order valence-corrected chi connectivity index (χ0v) is 17.9. The molecule has 0 radical (unpaired) electrons. The number of urea groups is 1. The second-order valence-corrected chi connectivity index (χ2v) is 7.85. The van der Waals surface area contributed by atoms with Gasteiger partial charge in [0.15, 0.2) is 0 Å². The predicted molar refractivity (Wildman–Crippen MR) is 125 cm³/mol. The maximum Gasteiger partial charge on any atom is 0.319 e. The van der Waals surface area contributed by atoms with Gasteiger partial charge in [-0.25, -0.2) is 4.79 Å². The Labute approximate surface area is 183 Å². The fourth-order valence-corrected chi connectivity index (χ4v) is 3.90. The van der Waals surface area contributed by atoms with Gasteiger partial charge in [-0.15, -0.1) is 0 Å². The molecular weight excluding hydrogens is 386 g/mol. The van der Waals surface area contributed by atoms with Gasteiger partial charge in [-0.05, 0) is 60.7 Å². The number of rotatable bonds is 5. The Morgan fingerprint density at radius 3 is 2.55 bits per heavy atom. The molecule has 0 aliphatic carbocycles. The van der Waals surface area contributed by atoms with E-state index >= 15 is 0 Å². The van der Waals surface area contributed by atoms with Crippen molar-refractivity contribution < 1.29 is 9.59 Å². The summed E-state index contributed by atoms with van der Waals surface area (Å²) in [6, 6.07) is 21.3. The molecule has 3 aromatic rings. The standard InChI is InChI=1S/C26H27N3O2/c1-3-20-6-4-5-7-23(20)28-26(31)27-17-19-10-13-21-14-15-29(24(21)16-19)25(30)22-11-8-18(2)9-12-22/h4-13,16H,3,14-15,17H2,1-2H3,(H2,27,28,31). The van der Waals surface area contributed by atoms with Crippen molar-refractivity contribution >= 4 is 23.3 Å². The third kappa shape index (κ3) is 4.61. The van der Waals surface area contributed by atoms with Crippen LogP contribution >= 0.6 is 0 Å². The number of nitrogens with one attached hydrogen (secondary N) is 2. The van der Waals surface area contributed by atoms with Gasteiger partial charge in [0, 0.05) is 30.0 Å². The maximum atomic E-state index is 13.0. The van der Waals surface area contributed by atoms with Gasteiger partial charge in [-0.3, -0.25) is 4.79 Å². The second kappa shape index (κ2) is 9.04. The number of nitrogens with zero attached hydrogens (tertiary/aromatic N) is 1. The fourth-order valence-electron chi connectivity index (χ4n) is 3.90. The lowest BCUT2D eigenvalue weighted by molar-refractivity contribution is 0.0989. The molecule has 4 rings (SSSR count). The summed E-state index contributed by atoms with van der Waals surface area (Å²) < 4.78 is 0. The van der Waals surface area contributed by atoms with Gasteiger partial charge >= 0.3 is 6.03 Å². The van der Waals surface area contributed by atoms with Crippen molar-refractivity contribution in [2.75, 3.05) is 16.8 Å². The van der Waals surface area contributed by atoms with Crippen LogP contribution in [-0.2, 0) is 19.4 Å². The predicted octanol–water partition coefficient (Wildman–Crippen LogP) is 5.08. The Kier molecular flexibility index (Phi) is 6.03. The minimum Gasteiger partial charge on any atom is -0.334 e. The van der Waals surface area contributed by atoms with Gasteiger partial charge in [-0.2, -0.15) is 0 Å². The van der Waals surface area contributed by atoms with Crippen LogP contribution in [0.4, 0.5) is 16.2 Å². The Morgan fingerprint density at radius 1 is 1.00 bits per heavy atom.